The lowest BCUT2D eigenvalue weighted by Gasteiger charge is -2.18. The zero-order chi connectivity index (χ0) is 23.8. The van der Waals surface area contributed by atoms with Crippen molar-refractivity contribution in [2.45, 2.75) is 6.18 Å². The fraction of sp³-hybridized carbons (Fsp3) is 0.167. The van der Waals surface area contributed by atoms with Gasteiger partial charge >= 0.3 is 6.18 Å². The van der Waals surface area contributed by atoms with Gasteiger partial charge in [0.15, 0.2) is 0 Å². The second-order valence-electron chi connectivity index (χ2n) is 7.51. The Morgan fingerprint density at radius 2 is 1.76 bits per heavy atom. The number of rotatable bonds is 5. The molecule has 9 heteroatoms. The van der Waals surface area contributed by atoms with Gasteiger partial charge in [-0.05, 0) is 60.7 Å². The van der Waals surface area contributed by atoms with Crippen molar-refractivity contribution >= 4 is 38.8 Å². The fourth-order valence-corrected chi connectivity index (χ4v) is 4.29. The van der Waals surface area contributed by atoms with Gasteiger partial charge in [-0.15, -0.1) is 11.3 Å². The summed E-state index contributed by atoms with van der Waals surface area (Å²) in [6.45, 7) is 0. The molecular weight excluding hydrogens is 451 g/mol. The highest BCUT2D eigenvalue weighted by Gasteiger charge is 2.35. The van der Waals surface area contributed by atoms with E-state index in [2.05, 4.69) is 10.3 Å². The normalized spacial score (nSPS) is 11.5. The number of anilines is 2. The molecule has 4 rings (SSSR count). The molecule has 33 heavy (non-hydrogen) atoms. The highest BCUT2D eigenvalue weighted by atomic mass is 32.1. The number of amides is 1. The Kier molecular flexibility index (Phi) is 5.99. The molecule has 1 N–H and O–H groups in total. The van der Waals surface area contributed by atoms with E-state index in [1.54, 1.807) is 50.4 Å². The maximum Gasteiger partial charge on any atom is 0.417 e. The zero-order valence-electron chi connectivity index (χ0n) is 18.0. The Balaban J connectivity index is 1.57. The molecule has 0 bridgehead atoms. The van der Waals surface area contributed by atoms with Crippen LogP contribution in [0.5, 0.6) is 5.75 Å². The van der Waals surface area contributed by atoms with Crippen molar-refractivity contribution in [1.29, 1.82) is 0 Å². The predicted octanol–water partition coefficient (Wildman–Crippen LogP) is 6.31. The van der Waals surface area contributed by atoms with Crippen LogP contribution < -0.4 is 15.0 Å². The number of fused-ring (bicyclic) bond motifs is 1. The van der Waals surface area contributed by atoms with Gasteiger partial charge in [0, 0.05) is 31.0 Å². The Morgan fingerprint density at radius 3 is 2.39 bits per heavy atom. The van der Waals surface area contributed by atoms with Gasteiger partial charge in [0.1, 0.15) is 10.8 Å². The van der Waals surface area contributed by atoms with Gasteiger partial charge in [-0.2, -0.15) is 13.2 Å². The summed E-state index contributed by atoms with van der Waals surface area (Å²) in [4.78, 5) is 18.8. The molecule has 0 aliphatic rings. The monoisotopic (exact) mass is 471 g/mol. The topological polar surface area (TPSA) is 54.5 Å². The van der Waals surface area contributed by atoms with Gasteiger partial charge in [0.05, 0.1) is 28.5 Å². The number of hydrogen-bond acceptors (Lipinski definition) is 5. The molecular formula is C24H20F3N3O2S. The lowest BCUT2D eigenvalue weighted by atomic mass is 10.0. The van der Waals surface area contributed by atoms with Gasteiger partial charge < -0.3 is 15.0 Å². The molecule has 0 saturated heterocycles. The fourth-order valence-electron chi connectivity index (χ4n) is 3.29. The first kappa shape index (κ1) is 22.6. The first-order valence-corrected chi connectivity index (χ1v) is 10.7. The summed E-state index contributed by atoms with van der Waals surface area (Å²) < 4.78 is 46.9. The van der Waals surface area contributed by atoms with Gasteiger partial charge in [0.2, 0.25) is 0 Å². The molecule has 0 aliphatic carbocycles. The average Bonchev–Trinajstić information content (AvgIpc) is 3.21. The summed E-state index contributed by atoms with van der Waals surface area (Å²) >= 11 is 1.50. The summed E-state index contributed by atoms with van der Waals surface area (Å²) in [5.74, 6) is -0.0833. The van der Waals surface area contributed by atoms with Crippen LogP contribution in [0, 0.1) is 0 Å². The third kappa shape index (κ3) is 4.78. The van der Waals surface area contributed by atoms with Crippen LogP contribution in [-0.4, -0.2) is 32.1 Å². The number of ether oxygens (including phenoxy) is 1. The minimum absolute atomic E-state index is 0.358. The first-order valence-electron chi connectivity index (χ1n) is 9.90. The number of benzene rings is 3. The molecule has 0 aliphatic heterocycles. The highest BCUT2D eigenvalue weighted by Crippen LogP contribution is 2.35. The van der Waals surface area contributed by atoms with Crippen molar-refractivity contribution in [2.24, 2.45) is 0 Å². The zero-order valence-corrected chi connectivity index (χ0v) is 18.8. The Hall–Kier alpha value is -3.59. The van der Waals surface area contributed by atoms with E-state index in [9.17, 15) is 18.0 Å². The van der Waals surface area contributed by atoms with E-state index in [4.69, 9.17) is 4.74 Å². The maximum absolute atomic E-state index is 13.6. The Morgan fingerprint density at radius 1 is 1.03 bits per heavy atom. The number of thiazole rings is 1. The standard InChI is InChI=1S/C24H20F3N3O2S/c1-30(2)16-8-10-18(19(12-16)24(25,26)27)22(31)28-15-6-4-14(5-7-15)23-29-20-11-9-17(32-3)13-21(20)33-23/h4-13H,1-3H3,(H,28,31). The molecule has 0 unspecified atom stereocenters. The first-order chi connectivity index (χ1) is 15.7. The van der Waals surface area contributed by atoms with Gasteiger partial charge in [-0.3, -0.25) is 4.79 Å². The molecule has 1 heterocycles. The van der Waals surface area contributed by atoms with E-state index in [0.717, 1.165) is 32.6 Å². The van der Waals surface area contributed by atoms with Crippen molar-refractivity contribution in [3.63, 3.8) is 0 Å². The lowest BCUT2D eigenvalue weighted by molar-refractivity contribution is -0.137. The maximum atomic E-state index is 13.6. The number of carbonyl (C=O) groups excluding carboxylic acids is 1. The second kappa shape index (κ2) is 8.74. The number of alkyl halides is 3. The predicted molar refractivity (Wildman–Crippen MR) is 125 cm³/mol. The van der Waals surface area contributed by atoms with E-state index < -0.39 is 23.2 Å². The molecule has 3 aromatic carbocycles. The molecule has 0 atom stereocenters. The number of nitrogens with zero attached hydrogens (tertiary/aromatic N) is 2. The van der Waals surface area contributed by atoms with Crippen molar-refractivity contribution in [3.8, 4) is 16.3 Å². The van der Waals surface area contributed by atoms with Gasteiger partial charge in [-0.25, -0.2) is 4.98 Å². The van der Waals surface area contributed by atoms with Crippen molar-refractivity contribution < 1.29 is 22.7 Å². The number of methoxy groups -OCH3 is 1. The summed E-state index contributed by atoms with van der Waals surface area (Å²) in [7, 11) is 4.88. The minimum Gasteiger partial charge on any atom is -0.497 e. The van der Waals surface area contributed by atoms with E-state index in [1.165, 1.54) is 23.5 Å². The summed E-state index contributed by atoms with van der Waals surface area (Å²) in [5, 5.41) is 3.34. The molecule has 0 saturated carbocycles. The quantitative estimate of drug-likeness (QED) is 0.371. The smallest absolute Gasteiger partial charge is 0.417 e. The van der Waals surface area contributed by atoms with E-state index in [0.29, 0.717) is 11.4 Å². The van der Waals surface area contributed by atoms with E-state index in [-0.39, 0.29) is 0 Å². The Bertz CT molecular complexity index is 1320. The number of nitrogens with one attached hydrogen (secondary N) is 1. The van der Waals surface area contributed by atoms with Gasteiger partial charge in [-0.1, -0.05) is 0 Å². The van der Waals surface area contributed by atoms with Crippen LogP contribution in [0.4, 0.5) is 24.5 Å². The molecule has 1 amide bonds. The van der Waals surface area contributed by atoms with Crippen LogP contribution in [0.3, 0.4) is 0 Å². The number of hydrogen-bond donors (Lipinski definition) is 1. The van der Waals surface area contributed by atoms with E-state index in [1.807, 2.05) is 18.2 Å². The SMILES string of the molecule is COc1ccc2nc(-c3ccc(NC(=O)c4ccc(N(C)C)cc4C(F)(F)F)cc3)sc2c1. The van der Waals surface area contributed by atoms with Crippen LogP contribution >= 0.6 is 11.3 Å². The minimum atomic E-state index is -4.65. The molecule has 0 fully saturated rings. The molecule has 1 aromatic heterocycles. The number of aromatic nitrogens is 1. The third-order valence-electron chi connectivity index (χ3n) is 5.05. The van der Waals surface area contributed by atoms with Gasteiger partial charge in [0.25, 0.3) is 5.91 Å². The van der Waals surface area contributed by atoms with E-state index >= 15 is 0 Å². The van der Waals surface area contributed by atoms with Crippen LogP contribution in [-0.2, 0) is 6.18 Å². The van der Waals surface area contributed by atoms with Crippen LogP contribution in [0.1, 0.15) is 15.9 Å². The molecule has 4 aromatic rings. The Labute approximate surface area is 192 Å². The second-order valence-corrected chi connectivity index (χ2v) is 8.54. The van der Waals surface area contributed by atoms with Crippen LogP contribution in [0.25, 0.3) is 20.8 Å². The van der Waals surface area contributed by atoms with Crippen molar-refractivity contribution in [2.75, 3.05) is 31.4 Å². The largest absolute Gasteiger partial charge is 0.497 e. The van der Waals surface area contributed by atoms with Crippen LogP contribution in [0.2, 0.25) is 0 Å². The number of halogens is 3. The number of carbonyl (C=O) groups is 1. The summed E-state index contributed by atoms with van der Waals surface area (Å²) in [5.41, 5.74) is 1.01. The molecule has 5 nitrogen and oxygen atoms in total. The molecule has 170 valence electrons. The summed E-state index contributed by atoms with van der Waals surface area (Å²) in [6.07, 6.45) is -4.65. The van der Waals surface area contributed by atoms with Crippen LogP contribution in [0.15, 0.2) is 60.7 Å². The van der Waals surface area contributed by atoms with Crippen molar-refractivity contribution in [1.82, 2.24) is 4.98 Å². The van der Waals surface area contributed by atoms with Crippen molar-refractivity contribution in [3.05, 3.63) is 71.8 Å². The third-order valence-corrected chi connectivity index (χ3v) is 6.12. The molecule has 0 radical (unpaired) electrons. The highest BCUT2D eigenvalue weighted by molar-refractivity contribution is 7.21. The summed E-state index contributed by atoms with van der Waals surface area (Å²) in [6, 6.07) is 16.1. The average molecular weight is 472 g/mol. The lowest BCUT2D eigenvalue weighted by Crippen LogP contribution is -2.20. The molecule has 0 spiro atoms.